The average Bonchev–Trinajstić information content (AvgIpc) is 2.26. The molecule has 18 heavy (non-hydrogen) atoms. The van der Waals surface area contributed by atoms with Crippen LogP contribution >= 0.6 is 0 Å². The van der Waals surface area contributed by atoms with E-state index in [4.69, 9.17) is 4.42 Å². The van der Waals surface area contributed by atoms with Gasteiger partial charge in [0.25, 0.3) is 0 Å². The molecule has 0 spiro atoms. The standard InChI is InChI=1S/C14H13NO3/c1-8-7-14(2,3)15-11-9(8)5-4-6-10(11)12(16)18-13(15)17/h4-7H,1-3H3. The molecule has 4 heteroatoms. The quantitative estimate of drug-likeness (QED) is 0.712. The third-order valence-corrected chi connectivity index (χ3v) is 3.41. The minimum absolute atomic E-state index is 0.452. The Morgan fingerprint density at radius 1 is 1.22 bits per heavy atom. The van der Waals surface area contributed by atoms with Crippen molar-refractivity contribution in [1.29, 1.82) is 0 Å². The third kappa shape index (κ3) is 1.26. The lowest BCUT2D eigenvalue weighted by atomic mass is 9.91. The van der Waals surface area contributed by atoms with E-state index in [1.54, 1.807) is 16.7 Å². The van der Waals surface area contributed by atoms with Crippen LogP contribution in [0.5, 0.6) is 0 Å². The zero-order valence-corrected chi connectivity index (χ0v) is 10.5. The van der Waals surface area contributed by atoms with Gasteiger partial charge >= 0.3 is 11.4 Å². The van der Waals surface area contributed by atoms with E-state index in [9.17, 15) is 9.59 Å². The van der Waals surface area contributed by atoms with Crippen LogP contribution in [0.2, 0.25) is 0 Å². The first-order valence-corrected chi connectivity index (χ1v) is 5.81. The molecule has 0 saturated carbocycles. The molecule has 1 aromatic heterocycles. The molecule has 92 valence electrons. The largest absolute Gasteiger partial charge is 0.423 e. The van der Waals surface area contributed by atoms with Crippen LogP contribution in [0.25, 0.3) is 16.5 Å². The normalized spacial score (nSPS) is 16.7. The van der Waals surface area contributed by atoms with Gasteiger partial charge in [0.15, 0.2) is 0 Å². The molecule has 0 N–H and O–H groups in total. The van der Waals surface area contributed by atoms with Gasteiger partial charge < -0.3 is 4.42 Å². The van der Waals surface area contributed by atoms with Crippen molar-refractivity contribution in [3.63, 3.8) is 0 Å². The maximum Gasteiger partial charge on any atom is 0.423 e. The van der Waals surface area contributed by atoms with Crippen LogP contribution in [0.3, 0.4) is 0 Å². The fourth-order valence-electron chi connectivity index (χ4n) is 2.73. The summed E-state index contributed by atoms with van der Waals surface area (Å²) in [6, 6.07) is 5.41. The smallest absolute Gasteiger partial charge is 0.372 e. The predicted octanol–water partition coefficient (Wildman–Crippen LogP) is 2.11. The van der Waals surface area contributed by atoms with Crippen LogP contribution in [0, 0.1) is 0 Å². The van der Waals surface area contributed by atoms with E-state index >= 15 is 0 Å². The molecular weight excluding hydrogens is 230 g/mol. The van der Waals surface area contributed by atoms with Crippen molar-refractivity contribution >= 4 is 16.5 Å². The maximum absolute atomic E-state index is 12.0. The van der Waals surface area contributed by atoms with Crippen molar-refractivity contribution in [2.75, 3.05) is 0 Å². The molecule has 0 radical (unpaired) electrons. The van der Waals surface area contributed by atoms with Crippen molar-refractivity contribution < 1.29 is 4.42 Å². The highest BCUT2D eigenvalue weighted by molar-refractivity contribution is 5.92. The molecule has 0 atom stereocenters. The summed E-state index contributed by atoms with van der Waals surface area (Å²) in [6.45, 7) is 5.83. The van der Waals surface area contributed by atoms with E-state index < -0.39 is 16.9 Å². The number of rotatable bonds is 0. The van der Waals surface area contributed by atoms with Gasteiger partial charge in [0.2, 0.25) is 0 Å². The van der Waals surface area contributed by atoms with E-state index in [1.165, 1.54) is 0 Å². The summed E-state index contributed by atoms with van der Waals surface area (Å²) in [5.41, 5.74) is 1.58. The number of hydrogen-bond donors (Lipinski definition) is 0. The number of hydrogen-bond acceptors (Lipinski definition) is 3. The van der Waals surface area contributed by atoms with Crippen molar-refractivity contribution in [3.8, 4) is 0 Å². The van der Waals surface area contributed by atoms with Gasteiger partial charge in [0, 0.05) is 5.56 Å². The molecule has 1 aromatic carbocycles. The monoisotopic (exact) mass is 243 g/mol. The van der Waals surface area contributed by atoms with Gasteiger partial charge in [-0.25, -0.2) is 9.59 Å². The van der Waals surface area contributed by atoms with Gasteiger partial charge in [-0.15, -0.1) is 0 Å². The van der Waals surface area contributed by atoms with Gasteiger partial charge in [0.1, 0.15) is 0 Å². The zero-order valence-electron chi connectivity index (χ0n) is 10.5. The summed E-state index contributed by atoms with van der Waals surface area (Å²) in [6.07, 6.45) is 2.01. The SMILES string of the molecule is CC1=CC(C)(C)n2c(=O)oc(=O)c3cccc1c32. The van der Waals surface area contributed by atoms with Crippen LogP contribution in [0.15, 0.2) is 38.3 Å². The lowest BCUT2D eigenvalue weighted by Crippen LogP contribution is -2.39. The lowest BCUT2D eigenvalue weighted by molar-refractivity contribution is 0.350. The Bertz CT molecular complexity index is 806. The molecule has 2 aromatic rings. The summed E-state index contributed by atoms with van der Waals surface area (Å²) in [5, 5.41) is 0.452. The minimum atomic E-state index is -0.603. The van der Waals surface area contributed by atoms with Gasteiger partial charge in [-0.1, -0.05) is 18.2 Å². The first-order valence-electron chi connectivity index (χ1n) is 5.81. The molecule has 4 nitrogen and oxygen atoms in total. The summed E-state index contributed by atoms with van der Waals surface area (Å²) in [7, 11) is 0. The van der Waals surface area contributed by atoms with Gasteiger partial charge in [-0.2, -0.15) is 0 Å². The van der Waals surface area contributed by atoms with E-state index in [1.807, 2.05) is 32.9 Å². The van der Waals surface area contributed by atoms with Crippen molar-refractivity contribution in [2.45, 2.75) is 26.3 Å². The van der Waals surface area contributed by atoms with Crippen molar-refractivity contribution in [3.05, 3.63) is 50.8 Å². The number of para-hydroxylation sites is 1. The Labute approximate surface area is 103 Å². The average molecular weight is 243 g/mol. The first-order chi connectivity index (χ1) is 8.42. The highest BCUT2D eigenvalue weighted by Crippen LogP contribution is 2.33. The topological polar surface area (TPSA) is 52.2 Å². The Balaban J connectivity index is 2.69. The molecule has 0 fully saturated rings. The summed E-state index contributed by atoms with van der Waals surface area (Å²) in [4.78, 5) is 23.7. The maximum atomic E-state index is 12.0. The Kier molecular flexibility index (Phi) is 1.97. The fourth-order valence-corrected chi connectivity index (χ4v) is 2.73. The predicted molar refractivity (Wildman–Crippen MR) is 69.7 cm³/mol. The molecular formula is C14H13NO3. The summed E-state index contributed by atoms with van der Waals surface area (Å²) < 4.78 is 6.34. The van der Waals surface area contributed by atoms with Crippen LogP contribution < -0.4 is 11.4 Å². The second-order valence-electron chi connectivity index (χ2n) is 5.17. The molecule has 0 aliphatic carbocycles. The van der Waals surface area contributed by atoms with Crippen molar-refractivity contribution in [2.24, 2.45) is 0 Å². The Hall–Kier alpha value is -2.10. The van der Waals surface area contributed by atoms with Gasteiger partial charge in [-0.05, 0) is 32.4 Å². The van der Waals surface area contributed by atoms with Crippen LogP contribution in [0.1, 0.15) is 26.3 Å². The highest BCUT2D eigenvalue weighted by Gasteiger charge is 2.29. The van der Waals surface area contributed by atoms with Crippen LogP contribution in [0.4, 0.5) is 0 Å². The van der Waals surface area contributed by atoms with E-state index in [-0.39, 0.29) is 0 Å². The molecule has 2 heterocycles. The van der Waals surface area contributed by atoms with Crippen LogP contribution in [-0.4, -0.2) is 4.57 Å². The van der Waals surface area contributed by atoms with E-state index in [0.717, 1.165) is 11.1 Å². The highest BCUT2D eigenvalue weighted by atomic mass is 16.4. The summed E-state index contributed by atoms with van der Waals surface area (Å²) in [5.74, 6) is -0.603. The molecule has 1 aliphatic heterocycles. The molecule has 0 bridgehead atoms. The number of nitrogens with zero attached hydrogens (tertiary/aromatic N) is 1. The van der Waals surface area contributed by atoms with Gasteiger partial charge in [-0.3, -0.25) is 4.57 Å². The molecule has 1 aliphatic rings. The van der Waals surface area contributed by atoms with Crippen molar-refractivity contribution in [1.82, 2.24) is 4.57 Å². The summed E-state index contributed by atoms with van der Waals surface area (Å²) >= 11 is 0. The Morgan fingerprint density at radius 3 is 2.67 bits per heavy atom. The minimum Gasteiger partial charge on any atom is -0.372 e. The lowest BCUT2D eigenvalue weighted by Gasteiger charge is -2.30. The fraction of sp³-hybridized carbons (Fsp3) is 0.286. The van der Waals surface area contributed by atoms with E-state index in [2.05, 4.69) is 0 Å². The van der Waals surface area contributed by atoms with Gasteiger partial charge in [0.05, 0.1) is 16.4 Å². The Morgan fingerprint density at radius 2 is 1.94 bits per heavy atom. The number of allylic oxidation sites excluding steroid dienone is 2. The van der Waals surface area contributed by atoms with E-state index in [0.29, 0.717) is 10.9 Å². The zero-order chi connectivity index (χ0) is 13.1. The third-order valence-electron chi connectivity index (χ3n) is 3.41. The van der Waals surface area contributed by atoms with Crippen LogP contribution in [-0.2, 0) is 5.54 Å². The number of aromatic nitrogens is 1. The molecule has 0 unspecified atom stereocenters. The second kappa shape index (κ2) is 3.22. The molecule has 3 rings (SSSR count). The first kappa shape index (κ1) is 11.0. The molecule has 0 amide bonds. The molecule has 0 saturated heterocycles. The number of benzene rings is 1. The second-order valence-corrected chi connectivity index (χ2v) is 5.17.